The summed E-state index contributed by atoms with van der Waals surface area (Å²) >= 11 is 0. The lowest BCUT2D eigenvalue weighted by molar-refractivity contribution is 0.0527. The standard InChI is InChI=1S/C16H22N2O2/c1-2-20-16(19)13-4-3-5-14(17)15(13)18(12-8-9-12)10-11-6-7-11/h3-5,11-12H,2,6-10,17H2,1H3. The van der Waals surface area contributed by atoms with Gasteiger partial charge in [-0.25, -0.2) is 4.79 Å². The summed E-state index contributed by atoms with van der Waals surface area (Å²) in [7, 11) is 0. The van der Waals surface area contributed by atoms with Crippen molar-refractivity contribution in [1.29, 1.82) is 0 Å². The molecule has 2 aliphatic carbocycles. The molecule has 20 heavy (non-hydrogen) atoms. The van der Waals surface area contributed by atoms with Gasteiger partial charge in [0.15, 0.2) is 0 Å². The third-order valence-corrected chi connectivity index (χ3v) is 3.99. The summed E-state index contributed by atoms with van der Waals surface area (Å²) < 4.78 is 5.17. The molecule has 0 spiro atoms. The first-order valence-corrected chi connectivity index (χ1v) is 7.53. The van der Waals surface area contributed by atoms with E-state index < -0.39 is 0 Å². The molecule has 4 nitrogen and oxygen atoms in total. The zero-order valence-corrected chi connectivity index (χ0v) is 12.0. The van der Waals surface area contributed by atoms with E-state index in [1.54, 1.807) is 0 Å². The molecule has 0 unspecified atom stereocenters. The van der Waals surface area contributed by atoms with Crippen LogP contribution in [-0.2, 0) is 4.74 Å². The lowest BCUT2D eigenvalue weighted by Crippen LogP contribution is -2.30. The molecule has 2 aliphatic rings. The van der Waals surface area contributed by atoms with Crippen molar-refractivity contribution in [2.45, 2.75) is 38.6 Å². The van der Waals surface area contributed by atoms with Crippen molar-refractivity contribution < 1.29 is 9.53 Å². The summed E-state index contributed by atoms with van der Waals surface area (Å²) in [6, 6.07) is 6.08. The van der Waals surface area contributed by atoms with Crippen LogP contribution < -0.4 is 10.6 Å². The van der Waals surface area contributed by atoms with E-state index in [2.05, 4.69) is 4.90 Å². The molecule has 0 heterocycles. The van der Waals surface area contributed by atoms with Gasteiger partial charge in [0.25, 0.3) is 0 Å². The van der Waals surface area contributed by atoms with Gasteiger partial charge in [-0.2, -0.15) is 0 Å². The van der Waals surface area contributed by atoms with Crippen LogP contribution >= 0.6 is 0 Å². The van der Waals surface area contributed by atoms with Gasteiger partial charge in [0.2, 0.25) is 0 Å². The van der Waals surface area contributed by atoms with E-state index in [0.717, 1.165) is 18.2 Å². The molecule has 0 saturated heterocycles. The van der Waals surface area contributed by atoms with Gasteiger partial charge >= 0.3 is 5.97 Å². The number of ether oxygens (including phenoxy) is 1. The number of nitrogen functional groups attached to an aromatic ring is 1. The van der Waals surface area contributed by atoms with Crippen LogP contribution in [0.15, 0.2) is 18.2 Å². The molecule has 0 radical (unpaired) electrons. The Hall–Kier alpha value is -1.71. The molecule has 0 aliphatic heterocycles. The highest BCUT2D eigenvalue weighted by Gasteiger charge is 2.36. The van der Waals surface area contributed by atoms with Crippen molar-refractivity contribution in [3.8, 4) is 0 Å². The van der Waals surface area contributed by atoms with E-state index in [-0.39, 0.29) is 5.97 Å². The van der Waals surface area contributed by atoms with E-state index in [1.807, 2.05) is 25.1 Å². The summed E-state index contributed by atoms with van der Waals surface area (Å²) in [6.45, 7) is 3.23. The van der Waals surface area contributed by atoms with E-state index in [9.17, 15) is 4.79 Å². The maximum atomic E-state index is 12.2. The normalized spacial score (nSPS) is 17.9. The molecule has 0 atom stereocenters. The Labute approximate surface area is 119 Å². The maximum absolute atomic E-state index is 12.2. The fraction of sp³-hybridized carbons (Fsp3) is 0.562. The van der Waals surface area contributed by atoms with Crippen LogP contribution in [0.25, 0.3) is 0 Å². The van der Waals surface area contributed by atoms with Gasteiger partial charge in [0.1, 0.15) is 0 Å². The zero-order chi connectivity index (χ0) is 14.1. The topological polar surface area (TPSA) is 55.6 Å². The molecular formula is C16H22N2O2. The number of para-hydroxylation sites is 1. The first-order valence-electron chi connectivity index (χ1n) is 7.53. The second-order valence-electron chi connectivity index (χ2n) is 5.79. The number of esters is 1. The highest BCUT2D eigenvalue weighted by atomic mass is 16.5. The average molecular weight is 274 g/mol. The molecular weight excluding hydrogens is 252 g/mol. The quantitative estimate of drug-likeness (QED) is 0.640. The Morgan fingerprint density at radius 1 is 1.35 bits per heavy atom. The second kappa shape index (κ2) is 5.35. The van der Waals surface area contributed by atoms with E-state index in [1.165, 1.54) is 25.7 Å². The first kappa shape index (κ1) is 13.3. The molecule has 0 aromatic heterocycles. The first-order chi connectivity index (χ1) is 9.70. The number of anilines is 2. The van der Waals surface area contributed by atoms with Crippen LogP contribution in [0.1, 0.15) is 43.0 Å². The number of carbonyl (C=O) groups is 1. The predicted molar refractivity (Wildman–Crippen MR) is 79.9 cm³/mol. The van der Waals surface area contributed by atoms with Gasteiger partial charge in [-0.3, -0.25) is 0 Å². The van der Waals surface area contributed by atoms with Crippen LogP contribution in [-0.4, -0.2) is 25.2 Å². The monoisotopic (exact) mass is 274 g/mol. The van der Waals surface area contributed by atoms with Crippen LogP contribution in [0.3, 0.4) is 0 Å². The molecule has 2 saturated carbocycles. The molecule has 1 aromatic rings. The molecule has 0 amide bonds. The predicted octanol–water partition coefficient (Wildman–Crippen LogP) is 2.82. The summed E-state index contributed by atoms with van der Waals surface area (Å²) in [5.41, 5.74) is 8.35. The number of rotatable bonds is 6. The summed E-state index contributed by atoms with van der Waals surface area (Å²) in [5.74, 6) is 0.501. The summed E-state index contributed by atoms with van der Waals surface area (Å²) in [5, 5.41) is 0. The minimum absolute atomic E-state index is 0.267. The van der Waals surface area contributed by atoms with Gasteiger partial charge in [-0.1, -0.05) is 6.07 Å². The van der Waals surface area contributed by atoms with Crippen molar-refractivity contribution in [3.05, 3.63) is 23.8 Å². The number of benzene rings is 1. The second-order valence-corrected chi connectivity index (χ2v) is 5.79. The molecule has 1 aromatic carbocycles. The van der Waals surface area contributed by atoms with Crippen LogP contribution in [0.2, 0.25) is 0 Å². The van der Waals surface area contributed by atoms with Gasteiger partial charge in [-0.15, -0.1) is 0 Å². The van der Waals surface area contributed by atoms with Gasteiger partial charge in [-0.05, 0) is 50.7 Å². The van der Waals surface area contributed by atoms with Gasteiger partial charge in [0, 0.05) is 12.6 Å². The summed E-state index contributed by atoms with van der Waals surface area (Å²) in [6.07, 6.45) is 4.99. The van der Waals surface area contributed by atoms with Crippen LogP contribution in [0.5, 0.6) is 0 Å². The van der Waals surface area contributed by atoms with Gasteiger partial charge in [0.05, 0.1) is 23.5 Å². The lowest BCUT2D eigenvalue weighted by atomic mass is 10.1. The minimum Gasteiger partial charge on any atom is -0.462 e. The van der Waals surface area contributed by atoms with Crippen LogP contribution in [0.4, 0.5) is 11.4 Å². The van der Waals surface area contributed by atoms with Crippen molar-refractivity contribution >= 4 is 17.3 Å². The molecule has 108 valence electrons. The minimum atomic E-state index is -0.267. The third kappa shape index (κ3) is 2.74. The number of hydrogen-bond acceptors (Lipinski definition) is 4. The van der Waals surface area contributed by atoms with Crippen molar-refractivity contribution in [1.82, 2.24) is 0 Å². The molecule has 2 fully saturated rings. The Bertz CT molecular complexity index is 507. The number of hydrogen-bond donors (Lipinski definition) is 1. The molecule has 2 N–H and O–H groups in total. The SMILES string of the molecule is CCOC(=O)c1cccc(N)c1N(CC1CC1)C1CC1. The molecule has 0 bridgehead atoms. The fourth-order valence-corrected chi connectivity index (χ4v) is 2.64. The van der Waals surface area contributed by atoms with Gasteiger partial charge < -0.3 is 15.4 Å². The number of carbonyl (C=O) groups excluding carboxylic acids is 1. The van der Waals surface area contributed by atoms with E-state index in [4.69, 9.17) is 10.5 Å². The molecule has 4 heteroatoms. The number of nitrogens with zero attached hydrogens (tertiary/aromatic N) is 1. The Balaban J connectivity index is 1.93. The Kier molecular flexibility index (Phi) is 3.55. The highest BCUT2D eigenvalue weighted by Crippen LogP contribution is 2.41. The maximum Gasteiger partial charge on any atom is 0.340 e. The average Bonchev–Trinajstić information content (AvgIpc) is 3.29. The molecule has 3 rings (SSSR count). The smallest absolute Gasteiger partial charge is 0.340 e. The van der Waals surface area contributed by atoms with E-state index >= 15 is 0 Å². The number of nitrogens with two attached hydrogens (primary N) is 1. The lowest BCUT2D eigenvalue weighted by Gasteiger charge is -2.28. The fourth-order valence-electron chi connectivity index (χ4n) is 2.64. The third-order valence-electron chi connectivity index (χ3n) is 3.99. The Morgan fingerprint density at radius 2 is 2.10 bits per heavy atom. The van der Waals surface area contributed by atoms with Crippen molar-refractivity contribution in [2.75, 3.05) is 23.8 Å². The largest absolute Gasteiger partial charge is 0.462 e. The Morgan fingerprint density at radius 3 is 2.70 bits per heavy atom. The highest BCUT2D eigenvalue weighted by molar-refractivity contribution is 5.99. The van der Waals surface area contributed by atoms with Crippen molar-refractivity contribution in [2.24, 2.45) is 5.92 Å². The van der Waals surface area contributed by atoms with Crippen molar-refractivity contribution in [3.63, 3.8) is 0 Å². The zero-order valence-electron chi connectivity index (χ0n) is 12.0. The van der Waals surface area contributed by atoms with E-state index in [0.29, 0.717) is 23.9 Å². The van der Waals surface area contributed by atoms with Crippen LogP contribution in [0, 0.1) is 5.92 Å². The summed E-state index contributed by atoms with van der Waals surface area (Å²) in [4.78, 5) is 14.5.